The maximum atomic E-state index is 13.6. The summed E-state index contributed by atoms with van der Waals surface area (Å²) >= 11 is 0. The molecule has 0 saturated carbocycles. The first kappa shape index (κ1) is 15.8. The van der Waals surface area contributed by atoms with Crippen LogP contribution >= 0.6 is 0 Å². The minimum atomic E-state index is -1.76. The van der Waals surface area contributed by atoms with Gasteiger partial charge in [-0.25, -0.2) is 8.78 Å². The molecular formula is C13H26F2O. The Hall–Kier alpha value is -0.180. The molecule has 0 aromatic heterocycles. The zero-order valence-corrected chi connectivity index (χ0v) is 10.9. The number of aliphatic hydroxyl groups is 1. The van der Waals surface area contributed by atoms with Gasteiger partial charge in [0.25, 0.3) is 0 Å². The molecule has 0 spiro atoms. The van der Waals surface area contributed by atoms with Gasteiger partial charge in [-0.2, -0.15) is 0 Å². The molecule has 5 unspecified atom stereocenters. The molecule has 1 nitrogen and oxygen atoms in total. The average molecular weight is 236 g/mol. The smallest absolute Gasteiger partial charge is 0.157 e. The number of rotatable bonds is 8. The van der Waals surface area contributed by atoms with E-state index in [1.807, 2.05) is 0 Å². The Balaban J connectivity index is 3.98. The quantitative estimate of drug-likeness (QED) is 0.677. The summed E-state index contributed by atoms with van der Waals surface area (Å²) in [5.74, 6) is 0.103. The van der Waals surface area contributed by atoms with Crippen LogP contribution in [0.25, 0.3) is 0 Å². The Morgan fingerprint density at radius 2 is 1.62 bits per heavy atom. The van der Waals surface area contributed by atoms with Crippen molar-refractivity contribution >= 4 is 0 Å². The van der Waals surface area contributed by atoms with Gasteiger partial charge in [-0.3, -0.25) is 0 Å². The average Bonchev–Trinajstić information content (AvgIpc) is 2.23. The first-order valence-corrected chi connectivity index (χ1v) is 6.36. The van der Waals surface area contributed by atoms with E-state index in [0.29, 0.717) is 12.3 Å². The van der Waals surface area contributed by atoms with Crippen molar-refractivity contribution in [1.29, 1.82) is 0 Å². The number of alkyl halides is 2. The van der Waals surface area contributed by atoms with Crippen molar-refractivity contribution in [3.05, 3.63) is 0 Å². The van der Waals surface area contributed by atoms with Crippen LogP contribution in [-0.4, -0.2) is 23.6 Å². The lowest BCUT2D eigenvalue weighted by Gasteiger charge is -2.24. The van der Waals surface area contributed by atoms with Crippen molar-refractivity contribution in [3.63, 3.8) is 0 Å². The number of hydrogen-bond donors (Lipinski definition) is 1. The predicted octanol–water partition coefficient (Wildman–Crippen LogP) is 3.90. The fraction of sp³-hybridized carbons (Fsp3) is 1.00. The fourth-order valence-corrected chi connectivity index (χ4v) is 2.02. The van der Waals surface area contributed by atoms with E-state index in [1.165, 1.54) is 6.92 Å². The summed E-state index contributed by atoms with van der Waals surface area (Å²) in [5.41, 5.74) is 0. The second-order valence-electron chi connectivity index (χ2n) is 5.09. The predicted molar refractivity (Wildman–Crippen MR) is 63.9 cm³/mol. The van der Waals surface area contributed by atoms with E-state index in [4.69, 9.17) is 5.11 Å². The molecule has 16 heavy (non-hydrogen) atoms. The van der Waals surface area contributed by atoms with Crippen LogP contribution in [0.3, 0.4) is 0 Å². The highest BCUT2D eigenvalue weighted by molar-refractivity contribution is 4.78. The van der Waals surface area contributed by atoms with Crippen LogP contribution in [0.5, 0.6) is 0 Å². The van der Waals surface area contributed by atoms with Crippen LogP contribution in [0.2, 0.25) is 0 Å². The van der Waals surface area contributed by atoms with Crippen molar-refractivity contribution in [3.8, 4) is 0 Å². The monoisotopic (exact) mass is 236 g/mol. The molecule has 0 radical (unpaired) electrons. The van der Waals surface area contributed by atoms with E-state index in [0.717, 1.165) is 19.3 Å². The van der Waals surface area contributed by atoms with Gasteiger partial charge in [-0.05, 0) is 25.2 Å². The lowest BCUT2D eigenvalue weighted by Crippen LogP contribution is -2.34. The van der Waals surface area contributed by atoms with E-state index in [1.54, 1.807) is 6.92 Å². The van der Waals surface area contributed by atoms with Gasteiger partial charge in [0.2, 0.25) is 0 Å². The van der Waals surface area contributed by atoms with Gasteiger partial charge in [-0.1, -0.05) is 40.0 Å². The third kappa shape index (κ3) is 5.78. The summed E-state index contributed by atoms with van der Waals surface area (Å²) in [5, 5.41) is 9.00. The summed E-state index contributed by atoms with van der Waals surface area (Å²) in [7, 11) is 0. The Bertz CT molecular complexity index is 173. The summed E-state index contributed by atoms with van der Waals surface area (Å²) in [6.07, 6.45) is -0.494. The summed E-state index contributed by atoms with van der Waals surface area (Å²) in [4.78, 5) is 0. The molecule has 0 aliphatic carbocycles. The number of hydrogen-bond acceptors (Lipinski definition) is 1. The fourth-order valence-electron chi connectivity index (χ4n) is 2.02. The Morgan fingerprint density at radius 3 is 2.06 bits per heavy atom. The lowest BCUT2D eigenvalue weighted by atomic mass is 9.88. The van der Waals surface area contributed by atoms with E-state index in [2.05, 4.69) is 13.8 Å². The molecule has 1 N–H and O–H groups in total. The molecule has 0 saturated heterocycles. The van der Waals surface area contributed by atoms with E-state index >= 15 is 0 Å². The molecule has 5 atom stereocenters. The summed E-state index contributed by atoms with van der Waals surface area (Å²) in [6.45, 7) is 7.22. The molecule has 0 heterocycles. The van der Waals surface area contributed by atoms with Gasteiger partial charge in [-0.15, -0.1) is 0 Å². The van der Waals surface area contributed by atoms with Crippen LogP contribution in [0.15, 0.2) is 0 Å². The van der Waals surface area contributed by atoms with Crippen LogP contribution in [0.4, 0.5) is 8.78 Å². The second kappa shape index (κ2) is 7.99. The molecule has 3 heteroatoms. The van der Waals surface area contributed by atoms with Crippen LogP contribution < -0.4 is 0 Å². The normalized spacial score (nSPS) is 21.2. The number of unbranched alkanes of at least 4 members (excludes halogenated alkanes) is 1. The molecule has 0 bridgehead atoms. The third-order valence-electron chi connectivity index (χ3n) is 3.13. The largest absolute Gasteiger partial charge is 0.390 e. The molecule has 0 aromatic carbocycles. The van der Waals surface area contributed by atoms with E-state index in [9.17, 15) is 8.78 Å². The Kier molecular flexibility index (Phi) is 7.90. The number of aliphatic hydroxyl groups excluding tert-OH is 1. The van der Waals surface area contributed by atoms with Crippen molar-refractivity contribution in [1.82, 2.24) is 0 Å². The van der Waals surface area contributed by atoms with E-state index in [-0.39, 0.29) is 5.92 Å². The first-order valence-electron chi connectivity index (χ1n) is 6.36. The minimum Gasteiger partial charge on any atom is -0.390 e. The minimum absolute atomic E-state index is 0.323. The molecule has 0 aliphatic heterocycles. The molecule has 98 valence electrons. The molecule has 0 amide bonds. The van der Waals surface area contributed by atoms with Gasteiger partial charge >= 0.3 is 0 Å². The zero-order valence-electron chi connectivity index (χ0n) is 10.9. The van der Waals surface area contributed by atoms with Gasteiger partial charge < -0.3 is 5.11 Å². The molecule has 0 rings (SSSR count). The SMILES string of the molecule is CCCCC(C)CC(C)C(F)C(F)C(C)O. The highest BCUT2D eigenvalue weighted by Gasteiger charge is 2.30. The molecule has 0 fully saturated rings. The van der Waals surface area contributed by atoms with Gasteiger partial charge in [0.05, 0.1) is 6.10 Å². The van der Waals surface area contributed by atoms with Crippen LogP contribution in [-0.2, 0) is 0 Å². The lowest BCUT2D eigenvalue weighted by molar-refractivity contribution is 0.0128. The topological polar surface area (TPSA) is 20.2 Å². The van der Waals surface area contributed by atoms with E-state index < -0.39 is 18.4 Å². The second-order valence-corrected chi connectivity index (χ2v) is 5.09. The maximum absolute atomic E-state index is 13.6. The van der Waals surface area contributed by atoms with Crippen molar-refractivity contribution in [2.45, 2.75) is 71.8 Å². The molecule has 0 aromatic rings. The summed E-state index contributed by atoms with van der Waals surface area (Å²) < 4.78 is 26.8. The van der Waals surface area contributed by atoms with Gasteiger partial charge in [0.1, 0.15) is 6.17 Å². The maximum Gasteiger partial charge on any atom is 0.157 e. The van der Waals surface area contributed by atoms with Crippen molar-refractivity contribution in [2.75, 3.05) is 0 Å². The molecule has 0 aliphatic rings. The molecular weight excluding hydrogens is 210 g/mol. The number of halogens is 2. The third-order valence-corrected chi connectivity index (χ3v) is 3.13. The van der Waals surface area contributed by atoms with Crippen LogP contribution in [0, 0.1) is 11.8 Å². The summed E-state index contributed by atoms with van der Waals surface area (Å²) in [6, 6.07) is 0. The Morgan fingerprint density at radius 1 is 1.06 bits per heavy atom. The van der Waals surface area contributed by atoms with Crippen LogP contribution in [0.1, 0.15) is 53.4 Å². The zero-order chi connectivity index (χ0) is 12.7. The highest BCUT2D eigenvalue weighted by atomic mass is 19.2. The Labute approximate surface area is 98.2 Å². The van der Waals surface area contributed by atoms with Crippen molar-refractivity contribution < 1.29 is 13.9 Å². The van der Waals surface area contributed by atoms with Crippen molar-refractivity contribution in [2.24, 2.45) is 11.8 Å². The standard InChI is InChI=1S/C13H26F2O/c1-5-6-7-9(2)8-10(3)12(14)13(15)11(4)16/h9-13,16H,5-8H2,1-4H3. The van der Waals surface area contributed by atoms with Gasteiger partial charge in [0, 0.05) is 0 Å². The first-order chi connectivity index (χ1) is 7.40. The highest BCUT2D eigenvalue weighted by Crippen LogP contribution is 2.25. The van der Waals surface area contributed by atoms with Gasteiger partial charge in [0.15, 0.2) is 6.17 Å².